The topological polar surface area (TPSA) is 87.6 Å². The first-order valence-electron chi connectivity index (χ1n) is 5.00. The molecule has 0 saturated heterocycles. The van der Waals surface area contributed by atoms with Crippen LogP contribution in [0.1, 0.15) is 5.69 Å². The number of phenols is 1. The van der Waals surface area contributed by atoms with Crippen molar-refractivity contribution in [1.82, 2.24) is 9.36 Å². The average Bonchev–Trinajstić information content (AvgIpc) is 2.66. The highest BCUT2D eigenvalue weighted by Crippen LogP contribution is 2.13. The number of aromatic hydroxyl groups is 1. The summed E-state index contributed by atoms with van der Waals surface area (Å²) >= 11 is 0. The fourth-order valence-corrected chi connectivity index (χ4v) is 1.67. The number of aliphatic hydroxyl groups is 2. The van der Waals surface area contributed by atoms with Crippen molar-refractivity contribution in [2.75, 3.05) is 0 Å². The summed E-state index contributed by atoms with van der Waals surface area (Å²) < 4.78 is 2.49. The predicted octanol–water partition coefficient (Wildman–Crippen LogP) is -0.213. The summed E-state index contributed by atoms with van der Waals surface area (Å²) in [4.78, 5) is 11.7. The van der Waals surface area contributed by atoms with E-state index in [1.807, 2.05) is 0 Å². The van der Waals surface area contributed by atoms with Gasteiger partial charge in [-0.3, -0.25) is 9.48 Å². The molecule has 0 aliphatic carbocycles. The van der Waals surface area contributed by atoms with Crippen molar-refractivity contribution in [3.05, 3.63) is 46.4 Å². The summed E-state index contributed by atoms with van der Waals surface area (Å²) in [6.07, 6.45) is 0. The van der Waals surface area contributed by atoms with Crippen molar-refractivity contribution >= 4 is 0 Å². The van der Waals surface area contributed by atoms with Gasteiger partial charge in [-0.15, -0.1) is 0 Å². The van der Waals surface area contributed by atoms with Gasteiger partial charge in [-0.1, -0.05) is 0 Å². The summed E-state index contributed by atoms with van der Waals surface area (Å²) in [7, 11) is 0. The second kappa shape index (κ2) is 4.44. The Bertz CT molecular complexity index is 568. The molecule has 1 aromatic carbocycles. The largest absolute Gasteiger partial charge is 0.508 e. The zero-order valence-electron chi connectivity index (χ0n) is 8.95. The first-order valence-corrected chi connectivity index (χ1v) is 5.00. The number of rotatable bonds is 3. The molecule has 0 unspecified atom stereocenters. The Labute approximate surface area is 96.6 Å². The Kier molecular flexibility index (Phi) is 2.99. The molecule has 3 N–H and O–H groups in total. The molecule has 0 atom stereocenters. The molecule has 2 rings (SSSR count). The molecule has 0 fully saturated rings. The highest BCUT2D eigenvalue weighted by atomic mass is 16.3. The summed E-state index contributed by atoms with van der Waals surface area (Å²) in [5, 5.41) is 27.4. The molecule has 0 aliphatic rings. The Morgan fingerprint density at radius 1 is 1.12 bits per heavy atom. The van der Waals surface area contributed by atoms with Gasteiger partial charge in [0, 0.05) is 6.07 Å². The highest BCUT2D eigenvalue weighted by molar-refractivity contribution is 5.36. The standard InChI is InChI=1S/C11H12N2O4/c14-6-9-5-11(17)13(12(9)7-15)8-1-3-10(16)4-2-8/h1-5,14-16H,6-7H2. The molecule has 0 spiro atoms. The van der Waals surface area contributed by atoms with Crippen LogP contribution in [0.15, 0.2) is 35.1 Å². The number of hydrogen-bond donors (Lipinski definition) is 3. The molecule has 0 amide bonds. The minimum Gasteiger partial charge on any atom is -0.508 e. The third-order valence-corrected chi connectivity index (χ3v) is 2.46. The van der Waals surface area contributed by atoms with Gasteiger partial charge >= 0.3 is 0 Å². The molecule has 0 bridgehead atoms. The number of aromatic nitrogens is 2. The Morgan fingerprint density at radius 3 is 2.29 bits per heavy atom. The second-order valence-electron chi connectivity index (χ2n) is 3.50. The lowest BCUT2D eigenvalue weighted by atomic mass is 10.3. The van der Waals surface area contributed by atoms with Gasteiger partial charge in [0.2, 0.25) is 0 Å². The molecule has 2 aromatic rings. The fraction of sp³-hybridized carbons (Fsp3) is 0.182. The third-order valence-electron chi connectivity index (χ3n) is 2.46. The lowest BCUT2D eigenvalue weighted by molar-refractivity contribution is 0.168. The first kappa shape index (κ1) is 11.4. The molecular formula is C11H12N2O4. The molecular weight excluding hydrogens is 224 g/mol. The average molecular weight is 236 g/mol. The molecule has 1 heterocycles. The lowest BCUT2D eigenvalue weighted by Crippen LogP contribution is -2.21. The predicted molar refractivity (Wildman–Crippen MR) is 59.8 cm³/mol. The van der Waals surface area contributed by atoms with Crippen LogP contribution in [0.4, 0.5) is 0 Å². The maximum atomic E-state index is 11.7. The Morgan fingerprint density at radius 2 is 1.76 bits per heavy atom. The van der Waals surface area contributed by atoms with Crippen molar-refractivity contribution in [3.63, 3.8) is 0 Å². The van der Waals surface area contributed by atoms with Gasteiger partial charge in [-0.05, 0) is 24.3 Å². The highest BCUT2D eigenvalue weighted by Gasteiger charge is 2.11. The molecule has 17 heavy (non-hydrogen) atoms. The first-order chi connectivity index (χ1) is 8.17. The maximum absolute atomic E-state index is 11.7. The van der Waals surface area contributed by atoms with Gasteiger partial charge < -0.3 is 15.3 Å². The van der Waals surface area contributed by atoms with E-state index in [1.165, 1.54) is 27.6 Å². The van der Waals surface area contributed by atoms with E-state index in [2.05, 4.69) is 0 Å². The SMILES string of the molecule is O=c1cc(CO)n(CO)n1-c1ccc(O)cc1. The maximum Gasteiger partial charge on any atom is 0.271 e. The van der Waals surface area contributed by atoms with Crippen LogP contribution in [0.2, 0.25) is 0 Å². The van der Waals surface area contributed by atoms with Gasteiger partial charge in [0.1, 0.15) is 12.5 Å². The van der Waals surface area contributed by atoms with Crippen LogP contribution in [0.5, 0.6) is 5.75 Å². The zero-order chi connectivity index (χ0) is 12.4. The smallest absolute Gasteiger partial charge is 0.271 e. The minimum atomic E-state index is -0.418. The van der Waals surface area contributed by atoms with Crippen molar-refractivity contribution in [1.29, 1.82) is 0 Å². The van der Waals surface area contributed by atoms with Crippen molar-refractivity contribution in [2.24, 2.45) is 0 Å². The number of nitrogens with zero attached hydrogens (tertiary/aromatic N) is 2. The molecule has 1 aromatic heterocycles. The Hall–Kier alpha value is -2.05. The van der Waals surface area contributed by atoms with Crippen LogP contribution in [0.25, 0.3) is 5.69 Å². The molecule has 90 valence electrons. The normalized spacial score (nSPS) is 10.7. The van der Waals surface area contributed by atoms with Crippen LogP contribution in [-0.2, 0) is 13.3 Å². The number of phenolic OH excluding ortho intramolecular Hbond substituents is 1. The van der Waals surface area contributed by atoms with Gasteiger partial charge in [-0.2, -0.15) is 0 Å². The fourth-order valence-electron chi connectivity index (χ4n) is 1.67. The van der Waals surface area contributed by atoms with Crippen molar-refractivity contribution in [2.45, 2.75) is 13.3 Å². The monoisotopic (exact) mass is 236 g/mol. The summed E-state index contributed by atoms with van der Waals surface area (Å²) in [6.45, 7) is -0.750. The minimum absolute atomic E-state index is 0.0892. The van der Waals surface area contributed by atoms with E-state index in [4.69, 9.17) is 10.2 Å². The van der Waals surface area contributed by atoms with Crippen LogP contribution in [0.3, 0.4) is 0 Å². The third kappa shape index (κ3) is 1.95. The summed E-state index contributed by atoms with van der Waals surface area (Å²) in [5.74, 6) is 0.0892. The number of aliphatic hydroxyl groups excluding tert-OH is 2. The zero-order valence-corrected chi connectivity index (χ0v) is 8.95. The molecule has 0 saturated carbocycles. The molecule has 0 radical (unpaired) electrons. The lowest BCUT2D eigenvalue weighted by Gasteiger charge is -2.11. The van der Waals surface area contributed by atoms with Crippen molar-refractivity contribution in [3.8, 4) is 11.4 Å². The van der Waals surface area contributed by atoms with E-state index >= 15 is 0 Å². The van der Waals surface area contributed by atoms with E-state index < -0.39 is 6.73 Å². The van der Waals surface area contributed by atoms with E-state index in [9.17, 15) is 9.90 Å². The quantitative estimate of drug-likeness (QED) is 0.688. The summed E-state index contributed by atoms with van der Waals surface area (Å²) in [5.41, 5.74) is 0.473. The van der Waals surface area contributed by atoms with Crippen molar-refractivity contribution < 1.29 is 15.3 Å². The van der Waals surface area contributed by atoms with Gasteiger partial charge in [0.05, 0.1) is 18.0 Å². The van der Waals surface area contributed by atoms with Crippen LogP contribution < -0.4 is 5.56 Å². The summed E-state index contributed by atoms with van der Waals surface area (Å²) in [6, 6.07) is 7.22. The Balaban J connectivity index is 2.62. The van der Waals surface area contributed by atoms with Crippen LogP contribution >= 0.6 is 0 Å². The number of hydrogen-bond acceptors (Lipinski definition) is 4. The second-order valence-corrected chi connectivity index (χ2v) is 3.50. The van der Waals surface area contributed by atoms with E-state index in [0.717, 1.165) is 0 Å². The van der Waals surface area contributed by atoms with E-state index in [0.29, 0.717) is 11.4 Å². The number of benzene rings is 1. The van der Waals surface area contributed by atoms with Gasteiger partial charge in [0.15, 0.2) is 0 Å². The molecule has 6 nitrogen and oxygen atoms in total. The van der Waals surface area contributed by atoms with Crippen LogP contribution in [-0.4, -0.2) is 24.7 Å². The molecule has 0 aliphatic heterocycles. The van der Waals surface area contributed by atoms with E-state index in [1.54, 1.807) is 12.1 Å². The van der Waals surface area contributed by atoms with E-state index in [-0.39, 0.29) is 17.9 Å². The van der Waals surface area contributed by atoms with Gasteiger partial charge in [0.25, 0.3) is 5.56 Å². The van der Waals surface area contributed by atoms with Crippen LogP contribution in [0, 0.1) is 0 Å². The van der Waals surface area contributed by atoms with Gasteiger partial charge in [-0.25, -0.2) is 4.68 Å². The molecule has 6 heteroatoms.